The van der Waals surface area contributed by atoms with Gasteiger partial charge in [0, 0.05) is 6.04 Å². The van der Waals surface area contributed by atoms with Crippen LogP contribution in [0.25, 0.3) is 0 Å². The molecule has 2 atom stereocenters. The van der Waals surface area contributed by atoms with E-state index in [1.807, 2.05) is 26.0 Å². The van der Waals surface area contributed by atoms with E-state index in [4.69, 9.17) is 4.74 Å². The number of nitrogens with one attached hydrogen (secondary N) is 1. The number of amides is 3. The van der Waals surface area contributed by atoms with Crippen LogP contribution in [0, 0.1) is 11.8 Å². The second-order valence-corrected chi connectivity index (χ2v) is 6.16. The van der Waals surface area contributed by atoms with E-state index in [1.165, 1.54) is 0 Å². The minimum absolute atomic E-state index is 0.0496. The van der Waals surface area contributed by atoms with E-state index in [2.05, 4.69) is 5.32 Å². The molecular weight excluding hydrogens is 312 g/mol. The van der Waals surface area contributed by atoms with Crippen molar-refractivity contribution in [2.75, 3.05) is 13.2 Å². The van der Waals surface area contributed by atoms with Crippen LogP contribution in [0.15, 0.2) is 12.2 Å². The van der Waals surface area contributed by atoms with E-state index in [0.29, 0.717) is 12.8 Å². The number of carbonyl (C=O) groups is 4. The molecule has 0 unspecified atom stereocenters. The fraction of sp³-hybridized carbons (Fsp3) is 0.647. The Bertz CT molecular complexity index is 527. The molecule has 2 aliphatic rings. The average molecular weight is 336 g/mol. The van der Waals surface area contributed by atoms with E-state index in [0.717, 1.165) is 17.7 Å². The molecule has 1 aliphatic heterocycles. The number of ether oxygens (including phenoxy) is 1. The number of rotatable bonds is 7. The Morgan fingerprint density at radius 2 is 1.71 bits per heavy atom. The molecule has 1 heterocycles. The van der Waals surface area contributed by atoms with Gasteiger partial charge in [-0.1, -0.05) is 26.0 Å². The maximum Gasteiger partial charge on any atom is 0.326 e. The lowest BCUT2D eigenvalue weighted by Crippen LogP contribution is -2.40. The molecule has 0 spiro atoms. The number of allylic oxidation sites excluding steroid dienone is 2. The molecule has 0 aromatic rings. The number of fused-ring (bicyclic) bond motifs is 1. The summed E-state index contributed by atoms with van der Waals surface area (Å²) in [4.78, 5) is 49.0. The first kappa shape index (κ1) is 18.2. The van der Waals surface area contributed by atoms with Crippen molar-refractivity contribution in [3.8, 4) is 0 Å². The van der Waals surface area contributed by atoms with Crippen molar-refractivity contribution in [1.82, 2.24) is 10.2 Å². The van der Waals surface area contributed by atoms with Gasteiger partial charge in [-0.05, 0) is 25.7 Å². The second-order valence-electron chi connectivity index (χ2n) is 6.16. The molecule has 2 rings (SSSR count). The third kappa shape index (κ3) is 4.01. The Hall–Kier alpha value is -2.18. The van der Waals surface area contributed by atoms with E-state index in [1.54, 1.807) is 0 Å². The summed E-state index contributed by atoms with van der Waals surface area (Å²) in [5.41, 5.74) is 0. The summed E-state index contributed by atoms with van der Waals surface area (Å²) in [6.07, 6.45) is 6.41. The summed E-state index contributed by atoms with van der Waals surface area (Å²) >= 11 is 0. The lowest BCUT2D eigenvalue weighted by Gasteiger charge is -2.16. The third-order valence-corrected chi connectivity index (χ3v) is 4.60. The van der Waals surface area contributed by atoms with Gasteiger partial charge in [0.05, 0.1) is 11.8 Å². The summed E-state index contributed by atoms with van der Waals surface area (Å²) in [5.74, 6) is -2.51. The van der Waals surface area contributed by atoms with Crippen LogP contribution in [-0.2, 0) is 23.9 Å². The molecule has 132 valence electrons. The zero-order chi connectivity index (χ0) is 17.7. The Morgan fingerprint density at radius 1 is 1.17 bits per heavy atom. The van der Waals surface area contributed by atoms with Crippen molar-refractivity contribution in [2.24, 2.45) is 11.8 Å². The highest BCUT2D eigenvalue weighted by Gasteiger charge is 2.47. The highest BCUT2D eigenvalue weighted by Crippen LogP contribution is 2.34. The fourth-order valence-electron chi connectivity index (χ4n) is 3.11. The van der Waals surface area contributed by atoms with Crippen molar-refractivity contribution in [3.05, 3.63) is 12.2 Å². The van der Waals surface area contributed by atoms with Gasteiger partial charge in [0.15, 0.2) is 6.61 Å². The van der Waals surface area contributed by atoms with Gasteiger partial charge in [0.25, 0.3) is 5.91 Å². The number of carbonyl (C=O) groups excluding carboxylic acids is 4. The van der Waals surface area contributed by atoms with E-state index >= 15 is 0 Å². The number of likely N-dealkylation sites (tertiary alicyclic amines) is 1. The number of hydrogen-bond acceptors (Lipinski definition) is 5. The van der Waals surface area contributed by atoms with Crippen molar-refractivity contribution >= 4 is 23.7 Å². The van der Waals surface area contributed by atoms with Gasteiger partial charge in [0.2, 0.25) is 11.8 Å². The molecule has 0 aromatic carbocycles. The fourth-order valence-corrected chi connectivity index (χ4v) is 3.11. The van der Waals surface area contributed by atoms with Gasteiger partial charge in [0.1, 0.15) is 6.54 Å². The smallest absolute Gasteiger partial charge is 0.326 e. The van der Waals surface area contributed by atoms with Crippen LogP contribution in [-0.4, -0.2) is 47.8 Å². The molecule has 0 saturated carbocycles. The first-order valence-corrected chi connectivity index (χ1v) is 8.43. The topological polar surface area (TPSA) is 92.8 Å². The average Bonchev–Trinajstić information content (AvgIpc) is 2.83. The van der Waals surface area contributed by atoms with Crippen LogP contribution in [0.4, 0.5) is 0 Å². The zero-order valence-corrected chi connectivity index (χ0v) is 14.1. The summed E-state index contributed by atoms with van der Waals surface area (Å²) < 4.78 is 4.89. The molecule has 1 saturated heterocycles. The van der Waals surface area contributed by atoms with E-state index < -0.39 is 19.1 Å². The highest BCUT2D eigenvalue weighted by molar-refractivity contribution is 6.07. The standard InChI is InChI=1S/C17H24N2O5/c1-3-11(4-2)18-14(20)10-24-15(21)9-19-16(22)12-7-5-6-8-13(12)17(19)23/h5-6,11-13H,3-4,7-10H2,1-2H3,(H,18,20)/t12-,13-/m0/s1. The third-order valence-electron chi connectivity index (χ3n) is 4.60. The summed E-state index contributed by atoms with van der Waals surface area (Å²) in [7, 11) is 0. The predicted molar refractivity (Wildman–Crippen MR) is 85.5 cm³/mol. The highest BCUT2D eigenvalue weighted by atomic mass is 16.5. The summed E-state index contributed by atoms with van der Waals surface area (Å²) in [6.45, 7) is 3.08. The van der Waals surface area contributed by atoms with Crippen molar-refractivity contribution in [2.45, 2.75) is 45.6 Å². The Balaban J connectivity index is 1.81. The van der Waals surface area contributed by atoms with Crippen LogP contribution in [0.2, 0.25) is 0 Å². The quantitative estimate of drug-likeness (QED) is 0.421. The van der Waals surface area contributed by atoms with Gasteiger partial charge >= 0.3 is 5.97 Å². The van der Waals surface area contributed by atoms with Crippen LogP contribution in [0.3, 0.4) is 0 Å². The van der Waals surface area contributed by atoms with Crippen LogP contribution in [0.1, 0.15) is 39.5 Å². The Labute approximate surface area is 141 Å². The van der Waals surface area contributed by atoms with E-state index in [9.17, 15) is 19.2 Å². The predicted octanol–water partition coefficient (Wildman–Crippen LogP) is 0.786. The van der Waals surface area contributed by atoms with Gasteiger partial charge in [-0.25, -0.2) is 0 Å². The molecule has 1 aliphatic carbocycles. The van der Waals surface area contributed by atoms with Gasteiger partial charge < -0.3 is 10.1 Å². The van der Waals surface area contributed by atoms with Crippen LogP contribution < -0.4 is 5.32 Å². The first-order valence-electron chi connectivity index (χ1n) is 8.43. The minimum atomic E-state index is -0.747. The monoisotopic (exact) mass is 336 g/mol. The number of nitrogens with zero attached hydrogens (tertiary/aromatic N) is 1. The zero-order valence-electron chi connectivity index (χ0n) is 14.1. The maximum absolute atomic E-state index is 12.2. The normalized spacial score (nSPS) is 22.7. The molecular formula is C17H24N2O5. The van der Waals surface area contributed by atoms with E-state index in [-0.39, 0.29) is 35.6 Å². The molecule has 7 heteroatoms. The maximum atomic E-state index is 12.2. The molecule has 24 heavy (non-hydrogen) atoms. The molecule has 1 fully saturated rings. The summed E-state index contributed by atoms with van der Waals surface area (Å²) in [6, 6.07) is 0.0496. The lowest BCUT2D eigenvalue weighted by molar-refractivity contribution is -0.155. The van der Waals surface area contributed by atoms with Crippen LogP contribution >= 0.6 is 0 Å². The van der Waals surface area contributed by atoms with Crippen molar-refractivity contribution in [3.63, 3.8) is 0 Å². The molecule has 0 aromatic heterocycles. The first-order chi connectivity index (χ1) is 11.5. The lowest BCUT2D eigenvalue weighted by atomic mass is 9.85. The van der Waals surface area contributed by atoms with Crippen LogP contribution in [0.5, 0.6) is 0 Å². The van der Waals surface area contributed by atoms with Crippen molar-refractivity contribution < 1.29 is 23.9 Å². The second kappa shape index (κ2) is 8.08. The minimum Gasteiger partial charge on any atom is -0.454 e. The molecule has 3 amide bonds. The summed E-state index contributed by atoms with van der Waals surface area (Å²) in [5, 5.41) is 2.75. The molecule has 0 bridgehead atoms. The molecule has 0 radical (unpaired) electrons. The molecule has 1 N–H and O–H groups in total. The number of imide groups is 1. The Morgan fingerprint density at radius 3 is 2.21 bits per heavy atom. The number of hydrogen-bond donors (Lipinski definition) is 1. The SMILES string of the molecule is CCC(CC)NC(=O)COC(=O)CN1C(=O)[C@H]2CC=CC[C@@H]2C1=O. The Kier molecular flexibility index (Phi) is 6.11. The van der Waals surface area contributed by atoms with Gasteiger partial charge in [-0.3, -0.25) is 24.1 Å². The van der Waals surface area contributed by atoms with Gasteiger partial charge in [-0.15, -0.1) is 0 Å². The molecule has 7 nitrogen and oxygen atoms in total. The number of esters is 1. The largest absolute Gasteiger partial charge is 0.454 e. The van der Waals surface area contributed by atoms with Crippen molar-refractivity contribution in [1.29, 1.82) is 0 Å². The van der Waals surface area contributed by atoms with Gasteiger partial charge in [-0.2, -0.15) is 0 Å².